The zero-order valence-electron chi connectivity index (χ0n) is 18.0. The second kappa shape index (κ2) is 9.00. The highest BCUT2D eigenvalue weighted by Gasteiger charge is 2.47. The number of aliphatic hydroxyl groups excluding tert-OH is 1. The number of para-hydroxylation sites is 1. The van der Waals surface area contributed by atoms with Crippen LogP contribution >= 0.6 is 0 Å². The molecule has 4 rings (SSSR count). The van der Waals surface area contributed by atoms with Gasteiger partial charge in [-0.15, -0.1) is 0 Å². The second-order valence-electron chi connectivity index (χ2n) is 7.32. The van der Waals surface area contributed by atoms with Crippen molar-refractivity contribution < 1.29 is 29.0 Å². The molecule has 1 fully saturated rings. The highest BCUT2D eigenvalue weighted by atomic mass is 16.5. The molecule has 1 unspecified atom stereocenters. The number of aliphatic hydroxyl groups is 1. The van der Waals surface area contributed by atoms with Gasteiger partial charge in [0.2, 0.25) is 0 Å². The smallest absolute Gasteiger partial charge is 0.337 e. The van der Waals surface area contributed by atoms with Gasteiger partial charge in [-0.2, -0.15) is 0 Å². The van der Waals surface area contributed by atoms with E-state index in [0.29, 0.717) is 22.6 Å². The van der Waals surface area contributed by atoms with E-state index in [1.54, 1.807) is 66.7 Å². The Hall–Kier alpha value is -4.39. The van der Waals surface area contributed by atoms with Gasteiger partial charge in [-0.25, -0.2) is 4.79 Å². The summed E-state index contributed by atoms with van der Waals surface area (Å²) in [6.45, 7) is 0. The van der Waals surface area contributed by atoms with Gasteiger partial charge in [-0.1, -0.05) is 48.5 Å². The number of anilines is 1. The SMILES string of the molecule is COC(=O)c1cccc(N2C(=O)C(=O)/C(=C(/O)c3ccccc3OC)C2c2ccccc2)c1. The Morgan fingerprint density at radius 3 is 2.30 bits per heavy atom. The lowest BCUT2D eigenvalue weighted by Gasteiger charge is -2.25. The Labute approximate surface area is 190 Å². The van der Waals surface area contributed by atoms with Gasteiger partial charge in [0, 0.05) is 5.69 Å². The minimum Gasteiger partial charge on any atom is -0.507 e. The van der Waals surface area contributed by atoms with E-state index in [4.69, 9.17) is 9.47 Å². The van der Waals surface area contributed by atoms with Crippen LogP contribution in [0.25, 0.3) is 5.76 Å². The molecule has 1 atom stereocenters. The molecule has 0 spiro atoms. The fraction of sp³-hybridized carbons (Fsp3) is 0.115. The minimum absolute atomic E-state index is 0.0702. The van der Waals surface area contributed by atoms with Crippen LogP contribution in [0.15, 0.2) is 84.4 Å². The molecule has 166 valence electrons. The van der Waals surface area contributed by atoms with E-state index in [2.05, 4.69) is 0 Å². The van der Waals surface area contributed by atoms with Gasteiger partial charge < -0.3 is 14.6 Å². The molecular weight excluding hydrogens is 422 g/mol. The number of benzene rings is 3. The maximum Gasteiger partial charge on any atom is 0.337 e. The van der Waals surface area contributed by atoms with Crippen LogP contribution in [0.2, 0.25) is 0 Å². The molecule has 1 heterocycles. The van der Waals surface area contributed by atoms with E-state index in [-0.39, 0.29) is 16.9 Å². The first-order valence-corrected chi connectivity index (χ1v) is 10.2. The van der Waals surface area contributed by atoms with Crippen LogP contribution in [0.1, 0.15) is 27.5 Å². The number of carbonyl (C=O) groups is 3. The van der Waals surface area contributed by atoms with Crippen molar-refractivity contribution in [2.75, 3.05) is 19.1 Å². The molecule has 1 aliphatic rings. The third kappa shape index (κ3) is 3.85. The number of esters is 1. The van der Waals surface area contributed by atoms with E-state index in [9.17, 15) is 19.5 Å². The monoisotopic (exact) mass is 443 g/mol. The highest BCUT2D eigenvalue weighted by molar-refractivity contribution is 6.51. The number of Topliss-reactive ketones (excluding diaryl/α,β-unsaturated/α-hetero) is 1. The first-order valence-electron chi connectivity index (χ1n) is 10.2. The normalized spacial score (nSPS) is 17.2. The molecule has 3 aromatic rings. The quantitative estimate of drug-likeness (QED) is 0.276. The molecule has 0 radical (unpaired) electrons. The predicted octanol–water partition coefficient (Wildman–Crippen LogP) is 4.11. The molecule has 33 heavy (non-hydrogen) atoms. The van der Waals surface area contributed by atoms with Crippen LogP contribution < -0.4 is 9.64 Å². The number of hydrogen-bond acceptors (Lipinski definition) is 6. The number of ether oxygens (including phenoxy) is 2. The number of nitrogens with zero attached hydrogens (tertiary/aromatic N) is 1. The summed E-state index contributed by atoms with van der Waals surface area (Å²) in [5, 5.41) is 11.2. The Morgan fingerprint density at radius 1 is 0.909 bits per heavy atom. The molecule has 7 heteroatoms. The fourth-order valence-electron chi connectivity index (χ4n) is 3.94. The van der Waals surface area contributed by atoms with E-state index in [0.717, 1.165) is 0 Å². The summed E-state index contributed by atoms with van der Waals surface area (Å²) in [6.07, 6.45) is 0. The van der Waals surface area contributed by atoms with E-state index >= 15 is 0 Å². The molecule has 0 aliphatic carbocycles. The molecule has 1 N–H and O–H groups in total. The van der Waals surface area contributed by atoms with Gasteiger partial charge in [-0.3, -0.25) is 14.5 Å². The van der Waals surface area contributed by atoms with E-state index < -0.39 is 23.7 Å². The molecule has 3 aromatic carbocycles. The first-order chi connectivity index (χ1) is 16.0. The fourth-order valence-corrected chi connectivity index (χ4v) is 3.94. The van der Waals surface area contributed by atoms with Gasteiger partial charge in [0.1, 0.15) is 11.5 Å². The van der Waals surface area contributed by atoms with Gasteiger partial charge in [-0.05, 0) is 35.9 Å². The van der Waals surface area contributed by atoms with Crippen molar-refractivity contribution >= 4 is 29.1 Å². The van der Waals surface area contributed by atoms with Gasteiger partial charge >= 0.3 is 5.97 Å². The first kappa shape index (κ1) is 21.8. The van der Waals surface area contributed by atoms with Gasteiger partial charge in [0.15, 0.2) is 0 Å². The van der Waals surface area contributed by atoms with Gasteiger partial charge in [0.05, 0.1) is 37.0 Å². The van der Waals surface area contributed by atoms with Crippen molar-refractivity contribution in [1.82, 2.24) is 0 Å². The maximum atomic E-state index is 13.2. The zero-order valence-corrected chi connectivity index (χ0v) is 18.0. The van der Waals surface area contributed by atoms with Crippen molar-refractivity contribution in [2.45, 2.75) is 6.04 Å². The molecule has 0 saturated carbocycles. The lowest BCUT2D eigenvalue weighted by molar-refractivity contribution is -0.132. The maximum absolute atomic E-state index is 13.2. The van der Waals surface area contributed by atoms with E-state index in [1.165, 1.54) is 25.2 Å². The number of hydrogen-bond donors (Lipinski definition) is 1. The summed E-state index contributed by atoms with van der Waals surface area (Å²) in [5.74, 6) is -2.20. The summed E-state index contributed by atoms with van der Waals surface area (Å²) < 4.78 is 10.1. The average molecular weight is 443 g/mol. The summed E-state index contributed by atoms with van der Waals surface area (Å²) >= 11 is 0. The van der Waals surface area contributed by atoms with Gasteiger partial charge in [0.25, 0.3) is 11.7 Å². The summed E-state index contributed by atoms with van der Waals surface area (Å²) in [7, 11) is 2.72. The number of ketones is 1. The van der Waals surface area contributed by atoms with Crippen LogP contribution in [0, 0.1) is 0 Å². The lowest BCUT2D eigenvalue weighted by Crippen LogP contribution is -2.29. The van der Waals surface area contributed by atoms with Crippen LogP contribution in [0.5, 0.6) is 5.75 Å². The molecule has 0 bridgehead atoms. The third-order valence-electron chi connectivity index (χ3n) is 5.47. The number of rotatable bonds is 5. The van der Waals surface area contributed by atoms with Crippen molar-refractivity contribution in [3.05, 3.63) is 101 Å². The predicted molar refractivity (Wildman–Crippen MR) is 122 cm³/mol. The standard InChI is InChI=1S/C26H21NO6/c1-32-20-14-7-6-13-19(20)23(28)21-22(16-9-4-3-5-10-16)27(25(30)24(21)29)18-12-8-11-17(15-18)26(31)33-2/h3-15,22,28H,1-2H3/b23-21+. The van der Waals surface area contributed by atoms with Crippen LogP contribution in [0.3, 0.4) is 0 Å². The molecule has 7 nitrogen and oxygen atoms in total. The number of methoxy groups -OCH3 is 2. The molecule has 1 saturated heterocycles. The lowest BCUT2D eigenvalue weighted by atomic mass is 9.95. The Kier molecular flexibility index (Phi) is 5.95. The summed E-state index contributed by atoms with van der Waals surface area (Å²) in [5.41, 5.74) is 1.40. The molecule has 0 aromatic heterocycles. The largest absolute Gasteiger partial charge is 0.507 e. The summed E-state index contributed by atoms with van der Waals surface area (Å²) in [6, 6.07) is 21.0. The van der Waals surface area contributed by atoms with E-state index in [1.807, 2.05) is 6.07 Å². The topological polar surface area (TPSA) is 93.1 Å². The van der Waals surface area contributed by atoms with Crippen LogP contribution in [0.4, 0.5) is 5.69 Å². The van der Waals surface area contributed by atoms with Crippen molar-refractivity contribution in [3.63, 3.8) is 0 Å². The van der Waals surface area contributed by atoms with Crippen molar-refractivity contribution in [2.24, 2.45) is 0 Å². The highest BCUT2D eigenvalue weighted by Crippen LogP contribution is 2.43. The molecule has 1 aliphatic heterocycles. The molecular formula is C26H21NO6. The van der Waals surface area contributed by atoms with Crippen LogP contribution in [-0.4, -0.2) is 37.0 Å². The van der Waals surface area contributed by atoms with Crippen molar-refractivity contribution in [3.8, 4) is 5.75 Å². The Morgan fingerprint density at radius 2 is 1.61 bits per heavy atom. The number of amides is 1. The third-order valence-corrected chi connectivity index (χ3v) is 5.47. The number of carbonyl (C=O) groups excluding carboxylic acids is 3. The van der Waals surface area contributed by atoms with Crippen LogP contribution in [-0.2, 0) is 14.3 Å². The summed E-state index contributed by atoms with van der Waals surface area (Å²) in [4.78, 5) is 39.8. The molecule has 1 amide bonds. The Bertz CT molecular complexity index is 1260. The average Bonchev–Trinajstić information content (AvgIpc) is 3.13. The minimum atomic E-state index is -0.913. The van der Waals surface area contributed by atoms with Crippen molar-refractivity contribution in [1.29, 1.82) is 0 Å². The Balaban J connectivity index is 1.95. The zero-order chi connectivity index (χ0) is 23.5. The second-order valence-corrected chi connectivity index (χ2v) is 7.32.